The van der Waals surface area contributed by atoms with Crippen molar-refractivity contribution in [2.75, 3.05) is 5.43 Å². The molecule has 110 valence electrons. The Morgan fingerprint density at radius 3 is 2.24 bits per heavy atom. The monoisotopic (exact) mass is 286 g/mol. The molecule has 2 aromatic carbocycles. The average molecular weight is 286 g/mol. The van der Waals surface area contributed by atoms with Crippen LogP contribution in [-0.2, 0) is 0 Å². The summed E-state index contributed by atoms with van der Waals surface area (Å²) < 4.78 is 18.4. The highest BCUT2D eigenvalue weighted by molar-refractivity contribution is 5.99. The number of nitrogens with one attached hydrogen (secondary N) is 1. The molecule has 0 atom stereocenters. The van der Waals surface area contributed by atoms with Crippen LogP contribution in [-0.4, -0.2) is 11.8 Å². The van der Waals surface area contributed by atoms with Crippen LogP contribution in [0.25, 0.3) is 0 Å². The van der Waals surface area contributed by atoms with E-state index in [-0.39, 0.29) is 11.9 Å². The van der Waals surface area contributed by atoms with Gasteiger partial charge in [0.1, 0.15) is 11.6 Å². The first-order valence-corrected chi connectivity index (χ1v) is 6.87. The molecule has 4 heteroatoms. The van der Waals surface area contributed by atoms with Crippen molar-refractivity contribution in [1.82, 2.24) is 0 Å². The molecular formula is C17H19FN2O. The summed E-state index contributed by atoms with van der Waals surface area (Å²) in [6.07, 6.45) is 0.158. The Morgan fingerprint density at radius 1 is 1.05 bits per heavy atom. The summed E-state index contributed by atoms with van der Waals surface area (Å²) >= 11 is 0. The SMILES string of the molecule is C/C(=N/Nc1ccc(F)cc1)c1ccc(OC(C)C)cc1. The predicted octanol–water partition coefficient (Wildman–Crippen LogP) is 4.45. The summed E-state index contributed by atoms with van der Waals surface area (Å²) in [6.45, 7) is 5.90. The molecule has 21 heavy (non-hydrogen) atoms. The van der Waals surface area contributed by atoms with Crippen molar-refractivity contribution >= 4 is 11.4 Å². The Hall–Kier alpha value is -2.36. The van der Waals surface area contributed by atoms with E-state index in [1.165, 1.54) is 12.1 Å². The lowest BCUT2D eigenvalue weighted by molar-refractivity contribution is 0.242. The molecular weight excluding hydrogens is 267 g/mol. The minimum absolute atomic E-state index is 0.158. The number of benzene rings is 2. The topological polar surface area (TPSA) is 33.6 Å². The van der Waals surface area contributed by atoms with Gasteiger partial charge in [0.2, 0.25) is 0 Å². The van der Waals surface area contributed by atoms with Gasteiger partial charge >= 0.3 is 0 Å². The first-order valence-electron chi connectivity index (χ1n) is 6.87. The van der Waals surface area contributed by atoms with Crippen molar-refractivity contribution < 1.29 is 9.13 Å². The number of anilines is 1. The average Bonchev–Trinajstić information content (AvgIpc) is 2.46. The molecule has 2 aromatic rings. The molecule has 2 rings (SSSR count). The van der Waals surface area contributed by atoms with Crippen LogP contribution in [0, 0.1) is 5.82 Å². The van der Waals surface area contributed by atoms with Gasteiger partial charge in [-0.2, -0.15) is 5.10 Å². The summed E-state index contributed by atoms with van der Waals surface area (Å²) in [4.78, 5) is 0. The Balaban J connectivity index is 2.03. The van der Waals surface area contributed by atoms with E-state index in [2.05, 4.69) is 10.5 Å². The number of hydrogen-bond donors (Lipinski definition) is 1. The lowest BCUT2D eigenvalue weighted by atomic mass is 10.1. The minimum atomic E-state index is -0.262. The zero-order valence-electron chi connectivity index (χ0n) is 12.4. The van der Waals surface area contributed by atoms with Crippen LogP contribution in [0.4, 0.5) is 10.1 Å². The Labute approximate surface area is 124 Å². The quantitative estimate of drug-likeness (QED) is 0.651. The van der Waals surface area contributed by atoms with E-state index in [0.29, 0.717) is 0 Å². The van der Waals surface area contributed by atoms with Crippen molar-refractivity contribution in [3.63, 3.8) is 0 Å². The number of ether oxygens (including phenoxy) is 1. The van der Waals surface area contributed by atoms with Crippen molar-refractivity contribution in [2.45, 2.75) is 26.9 Å². The predicted molar refractivity (Wildman–Crippen MR) is 84.4 cm³/mol. The van der Waals surface area contributed by atoms with Gasteiger partial charge in [0.25, 0.3) is 0 Å². The number of rotatable bonds is 5. The van der Waals surface area contributed by atoms with E-state index in [1.807, 2.05) is 45.0 Å². The van der Waals surface area contributed by atoms with Crippen LogP contribution in [0.5, 0.6) is 5.75 Å². The summed E-state index contributed by atoms with van der Waals surface area (Å²) in [5.74, 6) is 0.579. The number of hydrogen-bond acceptors (Lipinski definition) is 3. The molecule has 0 aromatic heterocycles. The summed E-state index contributed by atoms with van der Waals surface area (Å²) in [7, 11) is 0. The lowest BCUT2D eigenvalue weighted by Gasteiger charge is -2.10. The Kier molecular flexibility index (Phi) is 4.93. The Bertz CT molecular complexity index is 604. The third kappa shape index (κ3) is 4.60. The molecule has 0 heterocycles. The molecule has 1 N–H and O–H groups in total. The molecule has 0 aliphatic rings. The normalized spacial score (nSPS) is 11.6. The van der Waals surface area contributed by atoms with E-state index in [1.54, 1.807) is 12.1 Å². The maximum Gasteiger partial charge on any atom is 0.123 e. The standard InChI is InChI=1S/C17H19FN2O/c1-12(2)21-17-10-4-14(5-11-17)13(3)19-20-16-8-6-15(18)7-9-16/h4-12,20H,1-3H3/b19-13-. The number of halogens is 1. The summed E-state index contributed by atoms with van der Waals surface area (Å²) in [5.41, 5.74) is 5.50. The maximum absolute atomic E-state index is 12.8. The molecule has 0 unspecified atom stereocenters. The number of hydrazone groups is 1. The zero-order valence-corrected chi connectivity index (χ0v) is 12.4. The minimum Gasteiger partial charge on any atom is -0.491 e. The second kappa shape index (κ2) is 6.88. The van der Waals surface area contributed by atoms with Crippen LogP contribution in [0.3, 0.4) is 0 Å². The first kappa shape index (κ1) is 15.0. The molecule has 0 fully saturated rings. The van der Waals surface area contributed by atoms with Gasteiger partial charge in [-0.1, -0.05) is 0 Å². The fourth-order valence-electron chi connectivity index (χ4n) is 1.78. The van der Waals surface area contributed by atoms with Gasteiger partial charge in [-0.15, -0.1) is 0 Å². The van der Waals surface area contributed by atoms with Gasteiger partial charge in [0.15, 0.2) is 0 Å². The van der Waals surface area contributed by atoms with Crippen LogP contribution >= 0.6 is 0 Å². The molecule has 0 saturated carbocycles. The molecule has 0 spiro atoms. The van der Waals surface area contributed by atoms with E-state index >= 15 is 0 Å². The third-order valence-corrected chi connectivity index (χ3v) is 2.84. The lowest BCUT2D eigenvalue weighted by Crippen LogP contribution is -2.06. The highest BCUT2D eigenvalue weighted by atomic mass is 19.1. The molecule has 0 saturated heterocycles. The third-order valence-electron chi connectivity index (χ3n) is 2.84. The molecule has 0 amide bonds. The highest BCUT2D eigenvalue weighted by Crippen LogP contribution is 2.15. The zero-order chi connectivity index (χ0) is 15.2. The van der Waals surface area contributed by atoms with Crippen LogP contribution in [0.2, 0.25) is 0 Å². The highest BCUT2D eigenvalue weighted by Gasteiger charge is 2.01. The fourth-order valence-corrected chi connectivity index (χ4v) is 1.78. The van der Waals surface area contributed by atoms with Crippen molar-refractivity contribution in [3.05, 3.63) is 59.9 Å². The fraction of sp³-hybridized carbons (Fsp3) is 0.235. The maximum atomic E-state index is 12.8. The van der Waals surface area contributed by atoms with Gasteiger partial charge < -0.3 is 4.74 Å². The van der Waals surface area contributed by atoms with Gasteiger partial charge in [-0.25, -0.2) is 4.39 Å². The molecule has 0 bridgehead atoms. The van der Waals surface area contributed by atoms with Crippen molar-refractivity contribution in [3.8, 4) is 5.75 Å². The van der Waals surface area contributed by atoms with Crippen LogP contribution in [0.1, 0.15) is 26.3 Å². The van der Waals surface area contributed by atoms with Gasteiger partial charge in [0, 0.05) is 0 Å². The second-order valence-electron chi connectivity index (χ2n) is 5.01. The summed E-state index contributed by atoms with van der Waals surface area (Å²) in [5, 5.41) is 4.29. The smallest absolute Gasteiger partial charge is 0.123 e. The Morgan fingerprint density at radius 2 is 1.67 bits per heavy atom. The van der Waals surface area contributed by atoms with Crippen LogP contribution < -0.4 is 10.2 Å². The number of nitrogens with zero attached hydrogens (tertiary/aromatic N) is 1. The molecule has 3 nitrogen and oxygen atoms in total. The van der Waals surface area contributed by atoms with E-state index < -0.39 is 0 Å². The summed E-state index contributed by atoms with van der Waals surface area (Å²) in [6, 6.07) is 13.8. The van der Waals surface area contributed by atoms with Crippen molar-refractivity contribution in [1.29, 1.82) is 0 Å². The van der Waals surface area contributed by atoms with Gasteiger partial charge in [-0.3, -0.25) is 5.43 Å². The largest absolute Gasteiger partial charge is 0.491 e. The van der Waals surface area contributed by atoms with Crippen molar-refractivity contribution in [2.24, 2.45) is 5.10 Å². The van der Waals surface area contributed by atoms with Gasteiger partial charge in [0.05, 0.1) is 17.5 Å². The first-order chi connectivity index (χ1) is 10.0. The molecule has 0 aliphatic heterocycles. The molecule has 0 radical (unpaired) electrons. The van der Waals surface area contributed by atoms with E-state index in [0.717, 1.165) is 22.7 Å². The van der Waals surface area contributed by atoms with E-state index in [9.17, 15) is 4.39 Å². The second-order valence-corrected chi connectivity index (χ2v) is 5.01. The van der Waals surface area contributed by atoms with E-state index in [4.69, 9.17) is 4.74 Å². The van der Waals surface area contributed by atoms with Gasteiger partial charge in [-0.05, 0) is 74.9 Å². The molecule has 0 aliphatic carbocycles. The van der Waals surface area contributed by atoms with Crippen LogP contribution in [0.15, 0.2) is 53.6 Å².